The summed E-state index contributed by atoms with van der Waals surface area (Å²) in [6.07, 6.45) is 0.251. The van der Waals surface area contributed by atoms with Gasteiger partial charge in [0.15, 0.2) is 0 Å². The number of carbonyl (C=O) groups is 2. The summed E-state index contributed by atoms with van der Waals surface area (Å²) in [6.45, 7) is 2.15. The summed E-state index contributed by atoms with van der Waals surface area (Å²) in [5, 5.41) is 7.49. The number of amides is 2. The molecule has 0 aliphatic rings. The molecule has 0 heterocycles. The molecule has 1 atom stereocenters. The van der Waals surface area contributed by atoms with Crippen molar-refractivity contribution in [2.75, 3.05) is 13.1 Å². The van der Waals surface area contributed by atoms with Crippen LogP contribution in [0.1, 0.15) is 12.5 Å². The van der Waals surface area contributed by atoms with Crippen molar-refractivity contribution in [3.8, 4) is 0 Å². The normalized spacial score (nSPS) is 11.9. The molecule has 0 saturated heterocycles. The zero-order valence-corrected chi connectivity index (χ0v) is 12.6. The molecule has 0 aliphatic heterocycles. The second-order valence-corrected chi connectivity index (χ2v) is 5.30. The SMILES string of the molecule is C[C@@H](CN)NC(=O)CNC(=O)Cc1cccc2ccccc12. The molecule has 0 aromatic heterocycles. The van der Waals surface area contributed by atoms with Crippen molar-refractivity contribution in [3.63, 3.8) is 0 Å². The van der Waals surface area contributed by atoms with Crippen LogP contribution >= 0.6 is 0 Å². The van der Waals surface area contributed by atoms with E-state index in [1.165, 1.54) is 0 Å². The Morgan fingerprint density at radius 2 is 1.82 bits per heavy atom. The Balaban J connectivity index is 1.93. The summed E-state index contributed by atoms with van der Waals surface area (Å²) < 4.78 is 0. The Hall–Kier alpha value is -2.40. The van der Waals surface area contributed by atoms with Gasteiger partial charge in [-0.3, -0.25) is 9.59 Å². The van der Waals surface area contributed by atoms with E-state index in [2.05, 4.69) is 10.6 Å². The van der Waals surface area contributed by atoms with E-state index in [9.17, 15) is 9.59 Å². The zero-order chi connectivity index (χ0) is 15.9. The van der Waals surface area contributed by atoms with E-state index in [-0.39, 0.29) is 30.8 Å². The van der Waals surface area contributed by atoms with Crippen molar-refractivity contribution in [3.05, 3.63) is 48.0 Å². The summed E-state index contributed by atoms with van der Waals surface area (Å²) >= 11 is 0. The number of benzene rings is 2. The van der Waals surface area contributed by atoms with E-state index in [0.29, 0.717) is 6.54 Å². The van der Waals surface area contributed by atoms with E-state index >= 15 is 0 Å². The standard InChI is InChI=1S/C17H21N3O2/c1-12(10-18)20-17(22)11-19-16(21)9-14-7-4-6-13-5-2-3-8-15(13)14/h2-8,12H,9-11,18H2,1H3,(H,19,21)(H,20,22)/t12-/m0/s1. The zero-order valence-electron chi connectivity index (χ0n) is 12.6. The number of fused-ring (bicyclic) bond motifs is 1. The number of hydrogen-bond acceptors (Lipinski definition) is 3. The van der Waals surface area contributed by atoms with E-state index < -0.39 is 0 Å². The molecular weight excluding hydrogens is 278 g/mol. The van der Waals surface area contributed by atoms with Gasteiger partial charge in [-0.05, 0) is 23.3 Å². The first-order valence-corrected chi connectivity index (χ1v) is 7.33. The Kier molecular flexibility index (Phi) is 5.49. The molecule has 4 N–H and O–H groups in total. The summed E-state index contributed by atoms with van der Waals surface area (Å²) in [4.78, 5) is 23.6. The highest BCUT2D eigenvalue weighted by Gasteiger charge is 2.10. The van der Waals surface area contributed by atoms with E-state index in [1.807, 2.05) is 49.4 Å². The number of nitrogens with two attached hydrogens (primary N) is 1. The van der Waals surface area contributed by atoms with Gasteiger partial charge in [-0.25, -0.2) is 0 Å². The smallest absolute Gasteiger partial charge is 0.239 e. The maximum absolute atomic E-state index is 12.0. The highest BCUT2D eigenvalue weighted by molar-refractivity contribution is 5.91. The number of hydrogen-bond donors (Lipinski definition) is 3. The molecule has 5 heteroatoms. The predicted octanol–water partition coefficient (Wildman–Crippen LogP) is 0.962. The lowest BCUT2D eigenvalue weighted by Crippen LogP contribution is -2.43. The van der Waals surface area contributed by atoms with Crippen LogP contribution in [0, 0.1) is 0 Å². The molecule has 0 saturated carbocycles. The van der Waals surface area contributed by atoms with Crippen molar-refractivity contribution >= 4 is 22.6 Å². The fourth-order valence-corrected chi connectivity index (χ4v) is 2.25. The molecule has 116 valence electrons. The Morgan fingerprint density at radius 3 is 2.59 bits per heavy atom. The van der Waals surface area contributed by atoms with Crippen LogP contribution in [0.3, 0.4) is 0 Å². The molecule has 0 radical (unpaired) electrons. The van der Waals surface area contributed by atoms with Crippen LogP contribution in [0.25, 0.3) is 10.8 Å². The third-order valence-electron chi connectivity index (χ3n) is 3.44. The minimum absolute atomic E-state index is 0.0338. The molecule has 2 amide bonds. The lowest BCUT2D eigenvalue weighted by Gasteiger charge is -2.12. The van der Waals surface area contributed by atoms with Crippen LogP contribution < -0.4 is 16.4 Å². The summed E-state index contributed by atoms with van der Waals surface area (Å²) in [5.41, 5.74) is 6.38. The fraction of sp³-hybridized carbons (Fsp3) is 0.294. The van der Waals surface area contributed by atoms with Crippen molar-refractivity contribution in [1.82, 2.24) is 10.6 Å². The maximum atomic E-state index is 12.0. The van der Waals surface area contributed by atoms with Crippen LogP contribution in [0.15, 0.2) is 42.5 Å². The highest BCUT2D eigenvalue weighted by Crippen LogP contribution is 2.18. The molecule has 0 aliphatic carbocycles. The third-order valence-corrected chi connectivity index (χ3v) is 3.44. The average Bonchev–Trinajstić information content (AvgIpc) is 2.53. The molecule has 2 aromatic carbocycles. The Labute approximate surface area is 129 Å². The lowest BCUT2D eigenvalue weighted by atomic mass is 10.0. The van der Waals surface area contributed by atoms with Gasteiger partial charge in [-0.1, -0.05) is 42.5 Å². The van der Waals surface area contributed by atoms with E-state index in [4.69, 9.17) is 5.73 Å². The van der Waals surface area contributed by atoms with E-state index in [0.717, 1.165) is 16.3 Å². The van der Waals surface area contributed by atoms with Gasteiger partial charge in [0, 0.05) is 12.6 Å². The van der Waals surface area contributed by atoms with Crippen LogP contribution in [0.4, 0.5) is 0 Å². The average molecular weight is 299 g/mol. The van der Waals surface area contributed by atoms with Gasteiger partial charge in [-0.2, -0.15) is 0 Å². The van der Waals surface area contributed by atoms with E-state index in [1.54, 1.807) is 0 Å². The molecular formula is C17H21N3O2. The van der Waals surface area contributed by atoms with Crippen molar-refractivity contribution in [2.45, 2.75) is 19.4 Å². The lowest BCUT2D eigenvalue weighted by molar-refractivity contribution is -0.126. The van der Waals surface area contributed by atoms with Gasteiger partial charge in [-0.15, -0.1) is 0 Å². The molecule has 0 bridgehead atoms. The van der Waals surface area contributed by atoms with Gasteiger partial charge in [0.2, 0.25) is 11.8 Å². The second kappa shape index (κ2) is 7.56. The molecule has 0 unspecified atom stereocenters. The maximum Gasteiger partial charge on any atom is 0.239 e. The topological polar surface area (TPSA) is 84.2 Å². The number of rotatable bonds is 6. The number of carbonyl (C=O) groups excluding carboxylic acids is 2. The fourth-order valence-electron chi connectivity index (χ4n) is 2.25. The molecule has 22 heavy (non-hydrogen) atoms. The quantitative estimate of drug-likeness (QED) is 0.743. The molecule has 0 fully saturated rings. The van der Waals surface area contributed by atoms with Gasteiger partial charge < -0.3 is 16.4 Å². The second-order valence-electron chi connectivity index (χ2n) is 5.30. The largest absolute Gasteiger partial charge is 0.351 e. The summed E-state index contributed by atoms with van der Waals surface area (Å²) in [5.74, 6) is -0.406. The minimum Gasteiger partial charge on any atom is -0.351 e. The molecule has 5 nitrogen and oxygen atoms in total. The predicted molar refractivity (Wildman–Crippen MR) is 87.3 cm³/mol. The molecule has 0 spiro atoms. The van der Waals surface area contributed by atoms with Gasteiger partial charge >= 0.3 is 0 Å². The Bertz CT molecular complexity index is 665. The van der Waals surface area contributed by atoms with Gasteiger partial charge in [0.25, 0.3) is 0 Å². The molecule has 2 rings (SSSR count). The van der Waals surface area contributed by atoms with Crippen LogP contribution in [-0.2, 0) is 16.0 Å². The minimum atomic E-state index is -0.232. The van der Waals surface area contributed by atoms with Crippen molar-refractivity contribution in [2.24, 2.45) is 5.73 Å². The summed E-state index contributed by atoms with van der Waals surface area (Å²) in [6, 6.07) is 13.7. The van der Waals surface area contributed by atoms with Gasteiger partial charge in [0.05, 0.1) is 13.0 Å². The first kappa shape index (κ1) is 16.0. The third kappa shape index (κ3) is 4.30. The Morgan fingerprint density at radius 1 is 1.09 bits per heavy atom. The summed E-state index contributed by atoms with van der Waals surface area (Å²) in [7, 11) is 0. The van der Waals surface area contributed by atoms with Gasteiger partial charge in [0.1, 0.15) is 0 Å². The molecule has 2 aromatic rings. The first-order valence-electron chi connectivity index (χ1n) is 7.33. The monoisotopic (exact) mass is 299 g/mol. The van der Waals surface area contributed by atoms with Crippen molar-refractivity contribution in [1.29, 1.82) is 0 Å². The van der Waals surface area contributed by atoms with Crippen LogP contribution in [0.2, 0.25) is 0 Å². The van der Waals surface area contributed by atoms with Crippen molar-refractivity contribution < 1.29 is 9.59 Å². The first-order chi connectivity index (χ1) is 10.6. The van der Waals surface area contributed by atoms with Crippen LogP contribution in [0.5, 0.6) is 0 Å². The number of nitrogens with one attached hydrogen (secondary N) is 2. The highest BCUT2D eigenvalue weighted by atomic mass is 16.2. The van der Waals surface area contributed by atoms with Crippen LogP contribution in [-0.4, -0.2) is 30.9 Å².